The molecule has 0 aliphatic carbocycles. The first kappa shape index (κ1) is 14.0. The van der Waals surface area contributed by atoms with Crippen molar-refractivity contribution in [2.24, 2.45) is 5.73 Å². The minimum atomic E-state index is 0.0572. The second-order valence-corrected chi connectivity index (χ2v) is 5.88. The molecule has 1 atom stereocenters. The number of rotatable bonds is 4. The SMILES string of the molecule is CC[C@@H](N)c1ccccc1Sc1ncnc2ccccc12. The maximum Gasteiger partial charge on any atom is 0.117 e. The Morgan fingerprint density at radius 1 is 1.05 bits per heavy atom. The van der Waals surface area contributed by atoms with Crippen LogP contribution in [0.4, 0.5) is 0 Å². The average Bonchev–Trinajstić information content (AvgIpc) is 2.55. The zero-order valence-corrected chi connectivity index (χ0v) is 12.7. The lowest BCUT2D eigenvalue weighted by Gasteiger charge is -2.14. The van der Waals surface area contributed by atoms with E-state index in [1.807, 2.05) is 30.3 Å². The number of aromatic nitrogens is 2. The minimum Gasteiger partial charge on any atom is -0.324 e. The molecule has 0 aliphatic heterocycles. The first-order valence-electron chi connectivity index (χ1n) is 7.01. The molecule has 3 aromatic rings. The van der Waals surface area contributed by atoms with Gasteiger partial charge in [-0.05, 0) is 24.1 Å². The Kier molecular flexibility index (Phi) is 4.18. The molecule has 0 aliphatic rings. The Balaban J connectivity index is 2.03. The molecule has 2 N–H and O–H groups in total. The van der Waals surface area contributed by atoms with Crippen molar-refractivity contribution in [1.29, 1.82) is 0 Å². The molecule has 0 radical (unpaired) electrons. The van der Waals surface area contributed by atoms with E-state index >= 15 is 0 Å². The topological polar surface area (TPSA) is 51.8 Å². The van der Waals surface area contributed by atoms with E-state index in [9.17, 15) is 0 Å². The average molecular weight is 295 g/mol. The molecule has 3 rings (SSSR count). The van der Waals surface area contributed by atoms with E-state index in [0.29, 0.717) is 0 Å². The predicted molar refractivity (Wildman–Crippen MR) is 87.3 cm³/mol. The van der Waals surface area contributed by atoms with Crippen LogP contribution in [-0.4, -0.2) is 9.97 Å². The summed E-state index contributed by atoms with van der Waals surface area (Å²) in [5.74, 6) is 0. The Morgan fingerprint density at radius 3 is 2.67 bits per heavy atom. The van der Waals surface area contributed by atoms with E-state index in [0.717, 1.165) is 27.2 Å². The molecule has 0 saturated carbocycles. The largest absolute Gasteiger partial charge is 0.324 e. The Morgan fingerprint density at radius 2 is 1.81 bits per heavy atom. The lowest BCUT2D eigenvalue weighted by Crippen LogP contribution is -2.09. The zero-order chi connectivity index (χ0) is 14.7. The van der Waals surface area contributed by atoms with Crippen molar-refractivity contribution in [3.63, 3.8) is 0 Å². The van der Waals surface area contributed by atoms with Crippen LogP contribution in [0.5, 0.6) is 0 Å². The molecule has 0 saturated heterocycles. The molecule has 21 heavy (non-hydrogen) atoms. The van der Waals surface area contributed by atoms with Crippen LogP contribution >= 0.6 is 11.8 Å². The fourth-order valence-corrected chi connectivity index (χ4v) is 3.34. The molecule has 1 aromatic heterocycles. The van der Waals surface area contributed by atoms with Crippen LogP contribution in [0.1, 0.15) is 24.9 Å². The fraction of sp³-hybridized carbons (Fsp3) is 0.176. The van der Waals surface area contributed by atoms with Crippen LogP contribution in [0.25, 0.3) is 10.9 Å². The van der Waals surface area contributed by atoms with Gasteiger partial charge in [0.05, 0.1) is 5.52 Å². The van der Waals surface area contributed by atoms with E-state index in [1.54, 1.807) is 18.1 Å². The third kappa shape index (κ3) is 2.91. The minimum absolute atomic E-state index is 0.0572. The van der Waals surface area contributed by atoms with Crippen LogP contribution < -0.4 is 5.73 Å². The lowest BCUT2D eigenvalue weighted by molar-refractivity contribution is 0.685. The fourth-order valence-electron chi connectivity index (χ4n) is 2.27. The first-order chi connectivity index (χ1) is 10.3. The van der Waals surface area contributed by atoms with Gasteiger partial charge in [-0.1, -0.05) is 55.1 Å². The van der Waals surface area contributed by atoms with Crippen molar-refractivity contribution in [2.75, 3.05) is 0 Å². The van der Waals surface area contributed by atoms with E-state index in [1.165, 1.54) is 5.56 Å². The third-order valence-corrected chi connectivity index (χ3v) is 4.58. The van der Waals surface area contributed by atoms with Gasteiger partial charge in [0.15, 0.2) is 0 Å². The summed E-state index contributed by atoms with van der Waals surface area (Å²) >= 11 is 1.66. The molecular formula is C17H17N3S. The van der Waals surface area contributed by atoms with Crippen LogP contribution in [0.2, 0.25) is 0 Å². The maximum atomic E-state index is 6.22. The number of nitrogens with zero attached hydrogens (tertiary/aromatic N) is 2. The van der Waals surface area contributed by atoms with Crippen molar-refractivity contribution < 1.29 is 0 Å². The van der Waals surface area contributed by atoms with Crippen LogP contribution in [0, 0.1) is 0 Å². The third-order valence-electron chi connectivity index (χ3n) is 3.47. The standard InChI is InChI=1S/C17H17N3S/c1-2-14(18)12-7-4-6-10-16(12)21-17-13-8-3-5-9-15(13)19-11-20-17/h3-11,14H,2,18H2,1H3/t14-/m1/s1. The summed E-state index contributed by atoms with van der Waals surface area (Å²) in [5.41, 5.74) is 8.35. The Hall–Kier alpha value is -1.91. The molecule has 0 bridgehead atoms. The highest BCUT2D eigenvalue weighted by Crippen LogP contribution is 2.35. The van der Waals surface area contributed by atoms with Crippen LogP contribution in [0.3, 0.4) is 0 Å². The van der Waals surface area contributed by atoms with Gasteiger partial charge in [-0.2, -0.15) is 0 Å². The van der Waals surface area contributed by atoms with Gasteiger partial charge >= 0.3 is 0 Å². The van der Waals surface area contributed by atoms with Crippen molar-refractivity contribution in [2.45, 2.75) is 29.3 Å². The second kappa shape index (κ2) is 6.24. The Labute approximate surface area is 128 Å². The number of hydrogen-bond acceptors (Lipinski definition) is 4. The number of para-hydroxylation sites is 1. The van der Waals surface area contributed by atoms with Gasteiger partial charge in [0.2, 0.25) is 0 Å². The van der Waals surface area contributed by atoms with E-state index in [4.69, 9.17) is 5.73 Å². The molecule has 0 fully saturated rings. The highest BCUT2D eigenvalue weighted by Gasteiger charge is 2.12. The summed E-state index contributed by atoms with van der Waals surface area (Å²) in [4.78, 5) is 9.91. The maximum absolute atomic E-state index is 6.22. The monoisotopic (exact) mass is 295 g/mol. The van der Waals surface area contributed by atoms with Gasteiger partial charge in [-0.25, -0.2) is 9.97 Å². The van der Waals surface area contributed by atoms with Crippen LogP contribution in [0.15, 0.2) is 64.8 Å². The normalized spacial score (nSPS) is 12.5. The molecule has 0 amide bonds. The molecule has 4 heteroatoms. The molecule has 3 nitrogen and oxygen atoms in total. The van der Waals surface area contributed by atoms with Gasteiger partial charge in [-0.3, -0.25) is 0 Å². The number of benzene rings is 2. The quantitative estimate of drug-likeness (QED) is 0.733. The van der Waals surface area contributed by atoms with E-state index in [2.05, 4.69) is 35.1 Å². The van der Waals surface area contributed by atoms with Gasteiger partial charge in [0, 0.05) is 16.3 Å². The summed E-state index contributed by atoms with van der Waals surface area (Å²) in [6.45, 7) is 2.10. The zero-order valence-electron chi connectivity index (χ0n) is 11.9. The molecule has 0 unspecified atom stereocenters. The molecular weight excluding hydrogens is 278 g/mol. The molecule has 2 aromatic carbocycles. The van der Waals surface area contributed by atoms with Crippen molar-refractivity contribution >= 4 is 22.7 Å². The Bertz CT molecular complexity index is 752. The smallest absolute Gasteiger partial charge is 0.117 e. The molecule has 106 valence electrons. The second-order valence-electron chi connectivity index (χ2n) is 4.85. The predicted octanol–water partition coefficient (Wildman–Crippen LogP) is 4.19. The summed E-state index contributed by atoms with van der Waals surface area (Å²) in [7, 11) is 0. The molecule has 1 heterocycles. The highest BCUT2D eigenvalue weighted by molar-refractivity contribution is 7.99. The van der Waals surface area contributed by atoms with Crippen molar-refractivity contribution in [1.82, 2.24) is 9.97 Å². The number of fused-ring (bicyclic) bond motifs is 1. The van der Waals surface area contributed by atoms with Crippen molar-refractivity contribution in [3.05, 3.63) is 60.4 Å². The summed E-state index contributed by atoms with van der Waals surface area (Å²) in [5, 5.41) is 2.04. The lowest BCUT2D eigenvalue weighted by atomic mass is 10.1. The highest BCUT2D eigenvalue weighted by atomic mass is 32.2. The van der Waals surface area contributed by atoms with Crippen LogP contribution in [-0.2, 0) is 0 Å². The summed E-state index contributed by atoms with van der Waals surface area (Å²) in [6, 6.07) is 16.4. The van der Waals surface area contributed by atoms with E-state index in [-0.39, 0.29) is 6.04 Å². The first-order valence-corrected chi connectivity index (χ1v) is 7.83. The number of hydrogen-bond donors (Lipinski definition) is 1. The van der Waals surface area contributed by atoms with Gasteiger partial charge < -0.3 is 5.73 Å². The van der Waals surface area contributed by atoms with Gasteiger partial charge in [0.1, 0.15) is 11.4 Å². The summed E-state index contributed by atoms with van der Waals surface area (Å²) in [6.07, 6.45) is 2.54. The number of nitrogens with two attached hydrogens (primary N) is 1. The summed E-state index contributed by atoms with van der Waals surface area (Å²) < 4.78 is 0. The van der Waals surface area contributed by atoms with Gasteiger partial charge in [-0.15, -0.1) is 0 Å². The van der Waals surface area contributed by atoms with Crippen molar-refractivity contribution in [3.8, 4) is 0 Å². The van der Waals surface area contributed by atoms with E-state index < -0.39 is 0 Å². The van der Waals surface area contributed by atoms with Gasteiger partial charge in [0.25, 0.3) is 0 Å². The molecule has 0 spiro atoms.